The summed E-state index contributed by atoms with van der Waals surface area (Å²) >= 11 is 0. The van der Waals surface area contributed by atoms with E-state index in [0.717, 1.165) is 12.8 Å². The third-order valence-corrected chi connectivity index (χ3v) is 3.81. The number of hydrogen-bond donors (Lipinski definition) is 1. The largest absolute Gasteiger partial charge is 0.480 e. The molecule has 1 aliphatic rings. The minimum Gasteiger partial charge on any atom is -0.480 e. The lowest BCUT2D eigenvalue weighted by Gasteiger charge is -2.33. The van der Waals surface area contributed by atoms with E-state index in [1.54, 1.807) is 32.3 Å². The first-order valence-corrected chi connectivity index (χ1v) is 7.27. The van der Waals surface area contributed by atoms with Crippen LogP contribution < -0.4 is 0 Å². The smallest absolute Gasteiger partial charge is 0.326 e. The van der Waals surface area contributed by atoms with Crippen molar-refractivity contribution in [3.63, 3.8) is 0 Å². The van der Waals surface area contributed by atoms with Crippen LogP contribution in [0.3, 0.4) is 0 Å². The number of carboxylic acid groups (broad SMARTS) is 1. The molecule has 6 heteroatoms. The number of likely N-dealkylation sites (tertiary alicyclic amines) is 1. The summed E-state index contributed by atoms with van der Waals surface area (Å²) in [6.07, 6.45) is 2.07. The highest BCUT2D eigenvalue weighted by molar-refractivity contribution is 6.00. The number of hydrogen-bond acceptors (Lipinski definition) is 3. The second-order valence-corrected chi connectivity index (χ2v) is 5.63. The Morgan fingerprint density at radius 2 is 1.86 bits per heavy atom. The number of carbonyl (C=O) groups excluding carboxylic acids is 2. The lowest BCUT2D eigenvalue weighted by atomic mass is 10.00. The van der Waals surface area contributed by atoms with E-state index in [4.69, 9.17) is 0 Å². The lowest BCUT2D eigenvalue weighted by Crippen LogP contribution is -2.48. The Morgan fingerprint density at radius 1 is 1.18 bits per heavy atom. The molecule has 1 saturated heterocycles. The highest BCUT2D eigenvalue weighted by atomic mass is 16.4. The summed E-state index contributed by atoms with van der Waals surface area (Å²) < 4.78 is 0. The number of carboxylic acids is 1. The zero-order valence-electron chi connectivity index (χ0n) is 12.8. The van der Waals surface area contributed by atoms with E-state index in [2.05, 4.69) is 0 Å². The van der Waals surface area contributed by atoms with Gasteiger partial charge in [-0.25, -0.2) is 4.79 Å². The Hall–Kier alpha value is -2.37. The first kappa shape index (κ1) is 16.0. The minimum absolute atomic E-state index is 0.192. The van der Waals surface area contributed by atoms with Gasteiger partial charge in [-0.1, -0.05) is 6.07 Å². The fourth-order valence-corrected chi connectivity index (χ4v) is 2.64. The Balaban J connectivity index is 2.27. The van der Waals surface area contributed by atoms with Gasteiger partial charge in [-0.2, -0.15) is 0 Å². The molecule has 0 bridgehead atoms. The van der Waals surface area contributed by atoms with Gasteiger partial charge in [-0.3, -0.25) is 9.59 Å². The van der Waals surface area contributed by atoms with Gasteiger partial charge in [0.2, 0.25) is 0 Å². The number of amides is 2. The molecule has 118 valence electrons. The Labute approximate surface area is 129 Å². The minimum atomic E-state index is -0.978. The molecule has 1 aromatic rings. The van der Waals surface area contributed by atoms with Crippen molar-refractivity contribution in [3.05, 3.63) is 35.4 Å². The van der Waals surface area contributed by atoms with Crippen LogP contribution in [-0.4, -0.2) is 59.4 Å². The Morgan fingerprint density at radius 3 is 2.50 bits per heavy atom. The molecular formula is C16H20N2O4. The molecule has 0 spiro atoms. The van der Waals surface area contributed by atoms with Gasteiger partial charge in [0.1, 0.15) is 6.04 Å². The number of benzene rings is 1. The molecule has 1 heterocycles. The number of aliphatic carboxylic acids is 1. The van der Waals surface area contributed by atoms with Crippen LogP contribution >= 0.6 is 0 Å². The number of piperidine rings is 1. The van der Waals surface area contributed by atoms with E-state index in [1.807, 2.05) is 0 Å². The van der Waals surface area contributed by atoms with Crippen LogP contribution in [0.1, 0.15) is 40.0 Å². The van der Waals surface area contributed by atoms with Crippen molar-refractivity contribution in [2.24, 2.45) is 0 Å². The van der Waals surface area contributed by atoms with Crippen molar-refractivity contribution in [1.82, 2.24) is 9.80 Å². The molecule has 1 atom stereocenters. The molecule has 1 N–H and O–H groups in total. The van der Waals surface area contributed by atoms with Gasteiger partial charge >= 0.3 is 5.97 Å². The van der Waals surface area contributed by atoms with E-state index >= 15 is 0 Å². The fourth-order valence-electron chi connectivity index (χ4n) is 2.64. The normalized spacial score (nSPS) is 17.9. The second kappa shape index (κ2) is 6.60. The van der Waals surface area contributed by atoms with Gasteiger partial charge in [0.15, 0.2) is 0 Å². The predicted octanol–water partition coefficient (Wildman–Crippen LogP) is 1.47. The number of rotatable bonds is 3. The van der Waals surface area contributed by atoms with Gasteiger partial charge in [-0.05, 0) is 37.5 Å². The highest BCUT2D eigenvalue weighted by Crippen LogP contribution is 2.20. The van der Waals surface area contributed by atoms with Crippen molar-refractivity contribution in [3.8, 4) is 0 Å². The molecule has 2 amide bonds. The third kappa shape index (κ3) is 3.27. The molecule has 0 aliphatic carbocycles. The van der Waals surface area contributed by atoms with Crippen molar-refractivity contribution in [2.75, 3.05) is 20.6 Å². The van der Waals surface area contributed by atoms with Crippen LogP contribution in [0, 0.1) is 0 Å². The van der Waals surface area contributed by atoms with Gasteiger partial charge < -0.3 is 14.9 Å². The van der Waals surface area contributed by atoms with Crippen LogP contribution in [0.4, 0.5) is 0 Å². The molecule has 1 aromatic carbocycles. The summed E-state index contributed by atoms with van der Waals surface area (Å²) in [7, 11) is 3.28. The zero-order chi connectivity index (χ0) is 16.3. The topological polar surface area (TPSA) is 77.9 Å². The van der Waals surface area contributed by atoms with Crippen LogP contribution in [0.15, 0.2) is 24.3 Å². The predicted molar refractivity (Wildman–Crippen MR) is 80.8 cm³/mol. The highest BCUT2D eigenvalue weighted by Gasteiger charge is 2.32. The maximum Gasteiger partial charge on any atom is 0.326 e. The third-order valence-electron chi connectivity index (χ3n) is 3.81. The van der Waals surface area contributed by atoms with Gasteiger partial charge in [0.25, 0.3) is 11.8 Å². The number of carbonyl (C=O) groups is 3. The van der Waals surface area contributed by atoms with Crippen molar-refractivity contribution in [2.45, 2.75) is 25.3 Å². The quantitative estimate of drug-likeness (QED) is 0.917. The van der Waals surface area contributed by atoms with Gasteiger partial charge in [-0.15, -0.1) is 0 Å². The van der Waals surface area contributed by atoms with Crippen LogP contribution in [0.2, 0.25) is 0 Å². The average molecular weight is 304 g/mol. The van der Waals surface area contributed by atoms with Gasteiger partial charge in [0, 0.05) is 31.8 Å². The summed E-state index contributed by atoms with van der Waals surface area (Å²) in [5, 5.41) is 9.27. The van der Waals surface area contributed by atoms with E-state index in [0.29, 0.717) is 24.1 Å². The Bertz CT molecular complexity index is 598. The van der Waals surface area contributed by atoms with E-state index in [9.17, 15) is 19.5 Å². The second-order valence-electron chi connectivity index (χ2n) is 5.63. The fraction of sp³-hybridized carbons (Fsp3) is 0.438. The molecule has 6 nitrogen and oxygen atoms in total. The van der Waals surface area contributed by atoms with E-state index < -0.39 is 12.0 Å². The molecule has 0 aromatic heterocycles. The first-order valence-electron chi connectivity index (χ1n) is 7.27. The molecule has 0 unspecified atom stereocenters. The monoisotopic (exact) mass is 304 g/mol. The van der Waals surface area contributed by atoms with Crippen LogP contribution in [-0.2, 0) is 4.79 Å². The molecule has 1 fully saturated rings. The maximum atomic E-state index is 12.6. The van der Waals surface area contributed by atoms with E-state index in [-0.39, 0.29) is 11.8 Å². The molecule has 0 saturated carbocycles. The summed E-state index contributed by atoms with van der Waals surface area (Å²) in [4.78, 5) is 38.7. The summed E-state index contributed by atoms with van der Waals surface area (Å²) in [6, 6.07) is 5.64. The molecular weight excluding hydrogens is 284 g/mol. The first-order chi connectivity index (χ1) is 10.4. The SMILES string of the molecule is CN(C)C(=O)c1cccc(C(=O)N2CCCC[C@@H]2C(=O)O)c1. The molecule has 1 aliphatic heterocycles. The summed E-state index contributed by atoms with van der Waals surface area (Å²) in [5.41, 5.74) is 0.764. The maximum absolute atomic E-state index is 12.6. The number of nitrogens with zero attached hydrogens (tertiary/aromatic N) is 2. The lowest BCUT2D eigenvalue weighted by molar-refractivity contribution is -0.143. The molecule has 2 rings (SSSR count). The van der Waals surface area contributed by atoms with Crippen molar-refractivity contribution >= 4 is 17.8 Å². The summed E-state index contributed by atoms with van der Waals surface area (Å²) in [5.74, 6) is -1.50. The summed E-state index contributed by atoms with van der Waals surface area (Å²) in [6.45, 7) is 0.432. The average Bonchev–Trinajstić information content (AvgIpc) is 2.53. The molecule has 0 radical (unpaired) electrons. The standard InChI is InChI=1S/C16H20N2O4/c1-17(2)14(19)11-6-5-7-12(10-11)15(20)18-9-4-3-8-13(18)16(21)22/h5-7,10,13H,3-4,8-9H2,1-2H3,(H,21,22)/t13-/m1/s1. The zero-order valence-corrected chi connectivity index (χ0v) is 12.8. The van der Waals surface area contributed by atoms with Crippen molar-refractivity contribution < 1.29 is 19.5 Å². The van der Waals surface area contributed by atoms with Gasteiger partial charge in [0.05, 0.1) is 0 Å². The Kier molecular flexibility index (Phi) is 4.80. The molecule has 22 heavy (non-hydrogen) atoms. The van der Waals surface area contributed by atoms with Crippen LogP contribution in [0.5, 0.6) is 0 Å². The van der Waals surface area contributed by atoms with Crippen LogP contribution in [0.25, 0.3) is 0 Å². The van der Waals surface area contributed by atoms with Crippen molar-refractivity contribution in [1.29, 1.82) is 0 Å². The van der Waals surface area contributed by atoms with E-state index in [1.165, 1.54) is 15.9 Å².